The van der Waals surface area contributed by atoms with Crippen LogP contribution in [0.5, 0.6) is 0 Å². The second-order valence-electron chi connectivity index (χ2n) is 6.51. The molecule has 0 aliphatic carbocycles. The summed E-state index contributed by atoms with van der Waals surface area (Å²) in [6.07, 6.45) is 2.69. The summed E-state index contributed by atoms with van der Waals surface area (Å²) in [7, 11) is 2.22. The first-order chi connectivity index (χ1) is 10.2. The molecule has 0 spiro atoms. The van der Waals surface area contributed by atoms with Crippen LogP contribution in [0.1, 0.15) is 12.8 Å². The van der Waals surface area contributed by atoms with E-state index in [1.165, 1.54) is 32.5 Å². The number of halogens is 1. The minimum absolute atomic E-state index is 0.0974. The first kappa shape index (κ1) is 14.8. The number of hydrogen-bond donors (Lipinski definition) is 0. The predicted molar refractivity (Wildman–Crippen MR) is 85.3 cm³/mol. The summed E-state index contributed by atoms with van der Waals surface area (Å²) >= 11 is 0. The standard InChI is InChI=1S/C17H26FN3/c1-19-8-4-5-15(13-19)14-20-9-11-21(12-10-20)17-7-3-2-6-16(17)18/h2-3,6-7,15H,4-5,8-14H2,1H3/t15-/m1/s1. The third-order valence-corrected chi connectivity index (χ3v) is 4.80. The molecule has 21 heavy (non-hydrogen) atoms. The summed E-state index contributed by atoms with van der Waals surface area (Å²) < 4.78 is 13.8. The minimum Gasteiger partial charge on any atom is -0.367 e. The molecule has 116 valence electrons. The molecule has 0 unspecified atom stereocenters. The van der Waals surface area contributed by atoms with Gasteiger partial charge in [-0.25, -0.2) is 4.39 Å². The van der Waals surface area contributed by atoms with E-state index in [9.17, 15) is 4.39 Å². The summed E-state index contributed by atoms with van der Waals surface area (Å²) in [5.41, 5.74) is 0.759. The van der Waals surface area contributed by atoms with Crippen molar-refractivity contribution in [1.82, 2.24) is 9.80 Å². The summed E-state index contributed by atoms with van der Waals surface area (Å²) in [5, 5.41) is 0. The summed E-state index contributed by atoms with van der Waals surface area (Å²) in [4.78, 5) is 7.18. The fraction of sp³-hybridized carbons (Fsp3) is 0.647. The van der Waals surface area contributed by atoms with Gasteiger partial charge in [0.15, 0.2) is 0 Å². The van der Waals surface area contributed by atoms with Crippen molar-refractivity contribution in [2.24, 2.45) is 5.92 Å². The fourth-order valence-electron chi connectivity index (χ4n) is 3.67. The largest absolute Gasteiger partial charge is 0.367 e. The Morgan fingerprint density at radius 1 is 1.10 bits per heavy atom. The molecule has 0 aromatic heterocycles. The lowest BCUT2D eigenvalue weighted by molar-refractivity contribution is 0.147. The third-order valence-electron chi connectivity index (χ3n) is 4.80. The third kappa shape index (κ3) is 3.74. The minimum atomic E-state index is -0.0974. The van der Waals surface area contributed by atoms with Gasteiger partial charge in [0.1, 0.15) is 5.82 Å². The number of nitrogens with zero attached hydrogens (tertiary/aromatic N) is 3. The van der Waals surface area contributed by atoms with E-state index in [1.54, 1.807) is 12.1 Å². The van der Waals surface area contributed by atoms with Gasteiger partial charge in [-0.2, -0.15) is 0 Å². The second-order valence-corrected chi connectivity index (χ2v) is 6.51. The molecule has 4 heteroatoms. The molecule has 0 N–H and O–H groups in total. The number of para-hydroxylation sites is 1. The molecule has 3 rings (SSSR count). The number of rotatable bonds is 3. The number of piperidine rings is 1. The van der Waals surface area contributed by atoms with Gasteiger partial charge in [0.05, 0.1) is 5.69 Å². The van der Waals surface area contributed by atoms with Crippen LogP contribution in [0.3, 0.4) is 0 Å². The molecule has 1 aromatic carbocycles. The maximum Gasteiger partial charge on any atom is 0.146 e. The van der Waals surface area contributed by atoms with Gasteiger partial charge in [-0.15, -0.1) is 0 Å². The second kappa shape index (κ2) is 6.75. The van der Waals surface area contributed by atoms with Crippen LogP contribution in [-0.4, -0.2) is 62.7 Å². The molecule has 2 aliphatic heterocycles. The lowest BCUT2D eigenvalue weighted by atomic mass is 9.97. The Hall–Kier alpha value is -1.13. The number of anilines is 1. The highest BCUT2D eigenvalue weighted by Crippen LogP contribution is 2.21. The first-order valence-corrected chi connectivity index (χ1v) is 8.13. The van der Waals surface area contributed by atoms with Crippen molar-refractivity contribution in [3.8, 4) is 0 Å². The number of piperazine rings is 1. The molecule has 2 heterocycles. The fourth-order valence-corrected chi connectivity index (χ4v) is 3.67. The zero-order valence-electron chi connectivity index (χ0n) is 13.0. The van der Waals surface area contributed by atoms with E-state index in [0.29, 0.717) is 0 Å². The maximum atomic E-state index is 13.8. The Morgan fingerprint density at radius 2 is 1.86 bits per heavy atom. The number of hydrogen-bond acceptors (Lipinski definition) is 3. The van der Waals surface area contributed by atoms with Crippen molar-refractivity contribution >= 4 is 5.69 Å². The Labute approximate surface area is 127 Å². The summed E-state index contributed by atoms with van der Waals surface area (Å²) in [6, 6.07) is 7.12. The molecule has 0 bridgehead atoms. The smallest absolute Gasteiger partial charge is 0.146 e. The highest BCUT2D eigenvalue weighted by atomic mass is 19.1. The van der Waals surface area contributed by atoms with E-state index >= 15 is 0 Å². The molecule has 1 atom stereocenters. The number of benzene rings is 1. The van der Waals surface area contributed by atoms with E-state index < -0.39 is 0 Å². The van der Waals surface area contributed by atoms with Crippen LogP contribution in [-0.2, 0) is 0 Å². The monoisotopic (exact) mass is 291 g/mol. The lowest BCUT2D eigenvalue weighted by Gasteiger charge is -2.39. The summed E-state index contributed by atoms with van der Waals surface area (Å²) in [5.74, 6) is 0.712. The lowest BCUT2D eigenvalue weighted by Crippen LogP contribution is -2.49. The topological polar surface area (TPSA) is 9.72 Å². The van der Waals surface area contributed by atoms with Crippen LogP contribution in [0.2, 0.25) is 0 Å². The normalized spacial score (nSPS) is 25.2. The Balaban J connectivity index is 1.50. The van der Waals surface area contributed by atoms with E-state index in [0.717, 1.165) is 37.8 Å². The predicted octanol–water partition coefficient (Wildman–Crippen LogP) is 2.29. The highest BCUT2D eigenvalue weighted by Gasteiger charge is 2.23. The molecular formula is C17H26FN3. The van der Waals surface area contributed by atoms with Crippen molar-refractivity contribution < 1.29 is 4.39 Å². The van der Waals surface area contributed by atoms with E-state index in [4.69, 9.17) is 0 Å². The molecule has 0 amide bonds. The maximum absolute atomic E-state index is 13.8. The molecule has 2 aliphatic rings. The molecule has 1 aromatic rings. The zero-order valence-corrected chi connectivity index (χ0v) is 13.0. The van der Waals surface area contributed by atoms with Crippen LogP contribution >= 0.6 is 0 Å². The quantitative estimate of drug-likeness (QED) is 0.846. The highest BCUT2D eigenvalue weighted by molar-refractivity contribution is 5.47. The van der Waals surface area contributed by atoms with E-state index in [1.807, 2.05) is 12.1 Å². The first-order valence-electron chi connectivity index (χ1n) is 8.13. The molecule has 3 nitrogen and oxygen atoms in total. The van der Waals surface area contributed by atoms with Gasteiger partial charge in [-0.3, -0.25) is 4.90 Å². The van der Waals surface area contributed by atoms with Crippen molar-refractivity contribution in [2.45, 2.75) is 12.8 Å². The van der Waals surface area contributed by atoms with Gasteiger partial charge in [0.25, 0.3) is 0 Å². The average Bonchev–Trinajstić information content (AvgIpc) is 2.49. The SMILES string of the molecule is CN1CCC[C@@H](CN2CCN(c3ccccc3F)CC2)C1. The van der Waals surface area contributed by atoms with Crippen molar-refractivity contribution in [1.29, 1.82) is 0 Å². The van der Waals surface area contributed by atoms with Crippen molar-refractivity contribution in [2.75, 3.05) is 57.8 Å². The van der Waals surface area contributed by atoms with Crippen LogP contribution in [0, 0.1) is 11.7 Å². The van der Waals surface area contributed by atoms with Gasteiger partial charge < -0.3 is 9.80 Å². The Bertz CT molecular complexity index is 457. The Morgan fingerprint density at radius 3 is 2.57 bits per heavy atom. The zero-order chi connectivity index (χ0) is 14.7. The van der Waals surface area contributed by atoms with Crippen LogP contribution in [0.4, 0.5) is 10.1 Å². The van der Waals surface area contributed by atoms with Crippen LogP contribution < -0.4 is 4.90 Å². The van der Waals surface area contributed by atoms with E-state index in [2.05, 4.69) is 21.7 Å². The van der Waals surface area contributed by atoms with Gasteiger partial charge in [0, 0.05) is 39.3 Å². The van der Waals surface area contributed by atoms with Gasteiger partial charge in [-0.1, -0.05) is 12.1 Å². The number of likely N-dealkylation sites (tertiary alicyclic amines) is 1. The van der Waals surface area contributed by atoms with Crippen molar-refractivity contribution in [3.63, 3.8) is 0 Å². The summed E-state index contributed by atoms with van der Waals surface area (Å²) in [6.45, 7) is 7.65. The molecule has 2 saturated heterocycles. The average molecular weight is 291 g/mol. The Kier molecular flexibility index (Phi) is 4.76. The molecule has 0 radical (unpaired) electrons. The van der Waals surface area contributed by atoms with E-state index in [-0.39, 0.29) is 5.82 Å². The van der Waals surface area contributed by atoms with Gasteiger partial charge >= 0.3 is 0 Å². The van der Waals surface area contributed by atoms with Crippen molar-refractivity contribution in [3.05, 3.63) is 30.1 Å². The van der Waals surface area contributed by atoms with Gasteiger partial charge in [-0.05, 0) is 44.5 Å². The van der Waals surface area contributed by atoms with Crippen LogP contribution in [0.15, 0.2) is 24.3 Å². The molecule has 0 saturated carbocycles. The molecule has 2 fully saturated rings. The van der Waals surface area contributed by atoms with Crippen LogP contribution in [0.25, 0.3) is 0 Å². The van der Waals surface area contributed by atoms with Gasteiger partial charge in [0.2, 0.25) is 0 Å². The molecular weight excluding hydrogens is 265 g/mol.